The number of nitrogens with one attached hydrogen (secondary N) is 2. The molecule has 0 aliphatic carbocycles. The van der Waals surface area contributed by atoms with Crippen LogP contribution in [0, 0.1) is 6.92 Å². The van der Waals surface area contributed by atoms with Crippen molar-refractivity contribution >= 4 is 50.5 Å². The summed E-state index contributed by atoms with van der Waals surface area (Å²) in [5.74, 6) is -0.412. The third kappa shape index (κ3) is 4.35. The first-order valence-electron chi connectivity index (χ1n) is 7.55. The molecule has 0 spiro atoms. The Hall–Kier alpha value is -2.44. The molecule has 126 valence electrons. The van der Waals surface area contributed by atoms with Crippen LogP contribution in [-0.4, -0.2) is 11.8 Å². The number of thiophene rings is 1. The smallest absolute Gasteiger partial charge is 0.265 e. The van der Waals surface area contributed by atoms with Crippen LogP contribution < -0.4 is 10.6 Å². The Balaban J connectivity index is 1.73. The second kappa shape index (κ2) is 7.63. The lowest BCUT2D eigenvalue weighted by Crippen LogP contribution is -2.14. The third-order valence-corrected chi connectivity index (χ3v) is 5.30. The zero-order valence-electron chi connectivity index (χ0n) is 13.4. The molecule has 0 saturated carbocycles. The lowest BCUT2D eigenvalue weighted by molar-refractivity contribution is 0.101. The van der Waals surface area contributed by atoms with Crippen LogP contribution in [0.4, 0.5) is 11.4 Å². The fourth-order valence-corrected chi connectivity index (χ4v) is 3.13. The number of benzene rings is 2. The van der Waals surface area contributed by atoms with E-state index >= 15 is 0 Å². The van der Waals surface area contributed by atoms with Gasteiger partial charge in [0.25, 0.3) is 11.8 Å². The lowest BCUT2D eigenvalue weighted by Gasteiger charge is -2.09. The molecule has 0 bridgehead atoms. The molecular formula is C19H15BrN2O2S. The summed E-state index contributed by atoms with van der Waals surface area (Å²) in [4.78, 5) is 25.2. The number of amides is 2. The van der Waals surface area contributed by atoms with Crippen LogP contribution in [0.5, 0.6) is 0 Å². The van der Waals surface area contributed by atoms with Crippen LogP contribution >= 0.6 is 27.3 Å². The number of carbonyl (C=O) groups excluding carboxylic acids is 2. The highest BCUT2D eigenvalue weighted by atomic mass is 79.9. The minimum atomic E-state index is -0.228. The van der Waals surface area contributed by atoms with Crippen LogP contribution in [0.3, 0.4) is 0 Å². The van der Waals surface area contributed by atoms with Gasteiger partial charge in [-0.2, -0.15) is 0 Å². The van der Waals surface area contributed by atoms with Crippen molar-refractivity contribution in [3.05, 3.63) is 80.5 Å². The van der Waals surface area contributed by atoms with E-state index in [-0.39, 0.29) is 11.8 Å². The summed E-state index contributed by atoms with van der Waals surface area (Å²) in [6.45, 7) is 1.96. The van der Waals surface area contributed by atoms with Gasteiger partial charge in [0, 0.05) is 21.4 Å². The van der Waals surface area contributed by atoms with Gasteiger partial charge in [-0.15, -0.1) is 11.3 Å². The number of carbonyl (C=O) groups is 2. The molecule has 0 aliphatic heterocycles. The summed E-state index contributed by atoms with van der Waals surface area (Å²) in [6, 6.07) is 16.1. The van der Waals surface area contributed by atoms with Gasteiger partial charge >= 0.3 is 0 Å². The van der Waals surface area contributed by atoms with Gasteiger partial charge in [-0.25, -0.2) is 0 Å². The Morgan fingerprint density at radius 2 is 1.68 bits per heavy atom. The number of aryl methyl sites for hydroxylation is 1. The molecule has 1 aromatic heterocycles. The van der Waals surface area contributed by atoms with Gasteiger partial charge in [-0.1, -0.05) is 28.1 Å². The first-order valence-corrected chi connectivity index (χ1v) is 9.22. The van der Waals surface area contributed by atoms with E-state index in [2.05, 4.69) is 26.6 Å². The highest BCUT2D eigenvalue weighted by molar-refractivity contribution is 9.10. The summed E-state index contributed by atoms with van der Waals surface area (Å²) in [5.41, 5.74) is 2.82. The molecule has 2 N–H and O–H groups in total. The molecule has 3 aromatic rings. The quantitative estimate of drug-likeness (QED) is 0.606. The van der Waals surface area contributed by atoms with Gasteiger partial charge in [-0.05, 0) is 60.3 Å². The molecule has 4 nitrogen and oxygen atoms in total. The highest BCUT2D eigenvalue weighted by Crippen LogP contribution is 2.21. The van der Waals surface area contributed by atoms with Crippen LogP contribution in [0.25, 0.3) is 0 Å². The van der Waals surface area contributed by atoms with Gasteiger partial charge in [0.15, 0.2) is 0 Å². The van der Waals surface area contributed by atoms with Gasteiger partial charge in [0.05, 0.1) is 4.88 Å². The maximum absolute atomic E-state index is 12.4. The van der Waals surface area contributed by atoms with Crippen molar-refractivity contribution in [2.75, 3.05) is 10.6 Å². The molecule has 6 heteroatoms. The predicted octanol–water partition coefficient (Wildman–Crippen LogP) is 5.32. The molecule has 1 heterocycles. The van der Waals surface area contributed by atoms with E-state index in [1.54, 1.807) is 30.3 Å². The molecule has 3 rings (SSSR count). The van der Waals surface area contributed by atoms with Gasteiger partial charge in [0.1, 0.15) is 0 Å². The summed E-state index contributed by atoms with van der Waals surface area (Å²) >= 11 is 4.81. The van der Waals surface area contributed by atoms with E-state index in [1.807, 2.05) is 36.6 Å². The monoisotopic (exact) mass is 414 g/mol. The normalized spacial score (nSPS) is 10.3. The summed E-state index contributed by atoms with van der Waals surface area (Å²) in [7, 11) is 0. The Kier molecular flexibility index (Phi) is 5.31. The van der Waals surface area contributed by atoms with Crippen molar-refractivity contribution in [2.45, 2.75) is 6.92 Å². The zero-order chi connectivity index (χ0) is 17.8. The van der Waals surface area contributed by atoms with Crippen LogP contribution in [0.2, 0.25) is 0 Å². The molecule has 0 atom stereocenters. The molecular weight excluding hydrogens is 400 g/mol. The van der Waals surface area contributed by atoms with Crippen molar-refractivity contribution in [1.82, 2.24) is 0 Å². The molecule has 0 unspecified atom stereocenters. The van der Waals surface area contributed by atoms with Gasteiger partial charge < -0.3 is 10.6 Å². The van der Waals surface area contributed by atoms with Gasteiger partial charge in [0.2, 0.25) is 0 Å². The molecule has 0 fully saturated rings. The van der Waals surface area contributed by atoms with Crippen molar-refractivity contribution in [3.8, 4) is 0 Å². The van der Waals surface area contributed by atoms with E-state index in [0.717, 1.165) is 15.7 Å². The maximum Gasteiger partial charge on any atom is 0.265 e. The number of hydrogen-bond donors (Lipinski definition) is 2. The highest BCUT2D eigenvalue weighted by Gasteiger charge is 2.10. The first kappa shape index (κ1) is 17.4. The SMILES string of the molecule is Cc1cc(NC(=O)c2cccc(NC(=O)c3cccs3)c2)ccc1Br. The topological polar surface area (TPSA) is 58.2 Å². The third-order valence-electron chi connectivity index (χ3n) is 3.54. The van der Waals surface area contributed by atoms with Crippen LogP contribution in [0.15, 0.2) is 64.5 Å². The molecule has 25 heavy (non-hydrogen) atoms. The van der Waals surface area contributed by atoms with Crippen molar-refractivity contribution in [1.29, 1.82) is 0 Å². The molecule has 0 aliphatic rings. The molecule has 0 saturated heterocycles. The Labute approximate surface area is 158 Å². The standard InChI is InChI=1S/C19H15BrN2O2S/c1-12-10-15(7-8-16(12)20)21-18(23)13-4-2-5-14(11-13)22-19(24)17-6-3-9-25-17/h2-11H,1H3,(H,21,23)(H,22,24). The molecule has 0 radical (unpaired) electrons. The summed E-state index contributed by atoms with van der Waals surface area (Å²) in [5, 5.41) is 7.52. The fourth-order valence-electron chi connectivity index (χ4n) is 2.26. The number of halogens is 1. The lowest BCUT2D eigenvalue weighted by atomic mass is 10.1. The Morgan fingerprint density at radius 1 is 0.920 bits per heavy atom. The van der Waals surface area contributed by atoms with Crippen molar-refractivity contribution in [2.24, 2.45) is 0 Å². The van der Waals surface area contributed by atoms with Crippen LogP contribution in [0.1, 0.15) is 25.6 Å². The molecule has 2 amide bonds. The second-order valence-corrected chi connectivity index (χ2v) is 7.23. The number of rotatable bonds is 4. The fraction of sp³-hybridized carbons (Fsp3) is 0.0526. The summed E-state index contributed by atoms with van der Waals surface area (Å²) in [6.07, 6.45) is 0. The van der Waals surface area contributed by atoms with Crippen molar-refractivity contribution in [3.63, 3.8) is 0 Å². The number of hydrogen-bond acceptors (Lipinski definition) is 3. The van der Waals surface area contributed by atoms with Gasteiger partial charge in [-0.3, -0.25) is 9.59 Å². The number of anilines is 2. The second-order valence-electron chi connectivity index (χ2n) is 5.43. The van der Waals surface area contributed by atoms with E-state index in [1.165, 1.54) is 11.3 Å². The van der Waals surface area contributed by atoms with Crippen molar-refractivity contribution < 1.29 is 9.59 Å². The minimum Gasteiger partial charge on any atom is -0.322 e. The van der Waals surface area contributed by atoms with Crippen LogP contribution in [-0.2, 0) is 0 Å². The van der Waals surface area contributed by atoms with E-state index in [4.69, 9.17) is 0 Å². The molecule has 2 aromatic carbocycles. The largest absolute Gasteiger partial charge is 0.322 e. The minimum absolute atomic E-state index is 0.184. The van der Waals surface area contributed by atoms with E-state index < -0.39 is 0 Å². The Morgan fingerprint density at radius 3 is 2.40 bits per heavy atom. The summed E-state index contributed by atoms with van der Waals surface area (Å²) < 4.78 is 0.990. The van der Waals surface area contributed by atoms with E-state index in [0.29, 0.717) is 16.1 Å². The Bertz CT molecular complexity index is 923. The predicted molar refractivity (Wildman–Crippen MR) is 106 cm³/mol. The first-order chi connectivity index (χ1) is 12.0. The average Bonchev–Trinajstić information content (AvgIpc) is 3.13. The average molecular weight is 415 g/mol. The van der Waals surface area contributed by atoms with E-state index in [9.17, 15) is 9.59 Å². The maximum atomic E-state index is 12.4. The zero-order valence-corrected chi connectivity index (χ0v) is 15.8.